The van der Waals surface area contributed by atoms with Gasteiger partial charge in [0, 0.05) is 55.5 Å². The van der Waals surface area contributed by atoms with Crippen molar-refractivity contribution in [3.63, 3.8) is 0 Å². The molecule has 2 unspecified atom stereocenters. The molecule has 0 aliphatic carbocycles. The maximum atomic E-state index is 13.1. The van der Waals surface area contributed by atoms with Crippen molar-refractivity contribution in [1.82, 2.24) is 14.5 Å². The Labute approximate surface area is 165 Å². The summed E-state index contributed by atoms with van der Waals surface area (Å²) < 4.78 is 1.94. The molecule has 28 heavy (non-hydrogen) atoms. The van der Waals surface area contributed by atoms with E-state index >= 15 is 0 Å². The number of aromatic nitrogens is 2. The number of nitrogens with zero attached hydrogens (tertiary/aromatic N) is 4. The minimum atomic E-state index is 0.153. The summed E-state index contributed by atoms with van der Waals surface area (Å²) >= 11 is 0. The Kier molecular flexibility index (Phi) is 4.35. The van der Waals surface area contributed by atoms with Crippen molar-refractivity contribution in [2.75, 3.05) is 31.1 Å². The van der Waals surface area contributed by atoms with Gasteiger partial charge in [-0.2, -0.15) is 0 Å². The highest BCUT2D eigenvalue weighted by atomic mass is 16.2. The van der Waals surface area contributed by atoms with Crippen LogP contribution in [0.3, 0.4) is 0 Å². The summed E-state index contributed by atoms with van der Waals surface area (Å²) in [6.45, 7) is 3.76. The highest BCUT2D eigenvalue weighted by Gasteiger charge is 2.36. The van der Waals surface area contributed by atoms with Crippen molar-refractivity contribution in [2.45, 2.75) is 6.42 Å². The van der Waals surface area contributed by atoms with Crippen molar-refractivity contribution in [1.29, 1.82) is 0 Å². The summed E-state index contributed by atoms with van der Waals surface area (Å²) in [5.41, 5.74) is 3.08. The maximum Gasteiger partial charge on any atom is 0.253 e. The number of fused-ring (bicyclic) bond motifs is 2. The Morgan fingerprint density at radius 1 is 0.857 bits per heavy atom. The van der Waals surface area contributed by atoms with Gasteiger partial charge < -0.3 is 14.4 Å². The number of imidazole rings is 1. The summed E-state index contributed by atoms with van der Waals surface area (Å²) in [6, 6.07) is 18.5. The zero-order valence-corrected chi connectivity index (χ0v) is 15.8. The molecule has 0 N–H and O–H groups in total. The molecule has 0 saturated carbocycles. The Balaban J connectivity index is 1.28. The number of hydrogen-bond acceptors (Lipinski definition) is 3. The third kappa shape index (κ3) is 3.28. The van der Waals surface area contributed by atoms with Crippen LogP contribution in [-0.2, 0) is 0 Å². The lowest BCUT2D eigenvalue weighted by Gasteiger charge is -2.46. The fourth-order valence-electron chi connectivity index (χ4n) is 4.67. The molecule has 5 heteroatoms. The summed E-state index contributed by atoms with van der Waals surface area (Å²) in [5.74, 6) is 1.24. The number of carbonyl (C=O) groups excluding carboxylic acids is 1. The second kappa shape index (κ2) is 7.15. The van der Waals surface area contributed by atoms with Crippen LogP contribution in [-0.4, -0.2) is 46.5 Å². The van der Waals surface area contributed by atoms with E-state index in [1.165, 1.54) is 12.1 Å². The second-order valence-electron chi connectivity index (χ2n) is 7.94. The molecule has 2 aromatic carbocycles. The predicted octanol–water partition coefficient (Wildman–Crippen LogP) is 3.47. The first-order chi connectivity index (χ1) is 13.8. The van der Waals surface area contributed by atoms with E-state index in [-0.39, 0.29) is 5.91 Å². The van der Waals surface area contributed by atoms with Gasteiger partial charge in [-0.25, -0.2) is 4.98 Å². The molecule has 3 aromatic rings. The smallest absolute Gasteiger partial charge is 0.253 e. The lowest BCUT2D eigenvalue weighted by Crippen LogP contribution is -2.54. The van der Waals surface area contributed by atoms with Gasteiger partial charge in [-0.3, -0.25) is 4.79 Å². The molecule has 1 amide bonds. The average molecular weight is 372 g/mol. The second-order valence-corrected chi connectivity index (χ2v) is 7.94. The van der Waals surface area contributed by atoms with E-state index in [0.717, 1.165) is 37.4 Å². The van der Waals surface area contributed by atoms with Crippen LogP contribution in [0.1, 0.15) is 16.8 Å². The van der Waals surface area contributed by atoms with Gasteiger partial charge in [-0.1, -0.05) is 18.2 Å². The van der Waals surface area contributed by atoms with Gasteiger partial charge in [0.25, 0.3) is 5.91 Å². The molecule has 2 aliphatic heterocycles. The van der Waals surface area contributed by atoms with Crippen molar-refractivity contribution in [2.24, 2.45) is 11.8 Å². The maximum absolute atomic E-state index is 13.1. The molecule has 2 atom stereocenters. The molecule has 0 radical (unpaired) electrons. The van der Waals surface area contributed by atoms with Crippen LogP contribution >= 0.6 is 0 Å². The largest absolute Gasteiger partial charge is 0.371 e. The first-order valence-electron chi connectivity index (χ1n) is 9.94. The Morgan fingerprint density at radius 3 is 2.21 bits per heavy atom. The minimum Gasteiger partial charge on any atom is -0.371 e. The van der Waals surface area contributed by atoms with Crippen molar-refractivity contribution in [3.05, 3.63) is 78.9 Å². The molecule has 0 spiro atoms. The van der Waals surface area contributed by atoms with Crippen LogP contribution < -0.4 is 4.90 Å². The monoisotopic (exact) mass is 372 g/mol. The van der Waals surface area contributed by atoms with Crippen LogP contribution in [0.15, 0.2) is 73.3 Å². The van der Waals surface area contributed by atoms with Gasteiger partial charge in [-0.15, -0.1) is 0 Å². The number of likely N-dealkylation sites (tertiary alicyclic amines) is 1. The summed E-state index contributed by atoms with van der Waals surface area (Å²) in [5, 5.41) is 0. The molecule has 3 heterocycles. The van der Waals surface area contributed by atoms with Crippen molar-refractivity contribution in [3.8, 4) is 5.69 Å². The van der Waals surface area contributed by atoms with Gasteiger partial charge in [0.05, 0.1) is 6.33 Å². The Bertz CT molecular complexity index is 923. The van der Waals surface area contributed by atoms with Crippen LogP contribution in [0.2, 0.25) is 0 Å². The average Bonchev–Trinajstić information content (AvgIpc) is 3.28. The van der Waals surface area contributed by atoms with Gasteiger partial charge in [0.1, 0.15) is 0 Å². The molecule has 5 rings (SSSR count). The van der Waals surface area contributed by atoms with E-state index in [2.05, 4.69) is 45.1 Å². The number of piperidine rings is 2. The van der Waals surface area contributed by atoms with E-state index in [1.54, 1.807) is 12.5 Å². The standard InChI is InChI=1S/C23H24N4O/c28-23(20-6-8-22(9-7-20)25-11-10-24-17-25)27-15-18-12-19(16-27)14-26(13-18)21-4-2-1-3-5-21/h1-11,17-19H,12-16H2. The summed E-state index contributed by atoms with van der Waals surface area (Å²) in [4.78, 5) is 21.7. The Hall–Kier alpha value is -3.08. The van der Waals surface area contributed by atoms with Gasteiger partial charge in [0.15, 0.2) is 0 Å². The number of benzene rings is 2. The van der Waals surface area contributed by atoms with E-state index in [0.29, 0.717) is 11.8 Å². The molecule has 2 saturated heterocycles. The summed E-state index contributed by atoms with van der Waals surface area (Å²) in [7, 11) is 0. The normalized spacial score (nSPS) is 21.6. The number of carbonyl (C=O) groups is 1. The van der Waals surface area contributed by atoms with Crippen molar-refractivity contribution >= 4 is 11.6 Å². The number of rotatable bonds is 3. The van der Waals surface area contributed by atoms with E-state index in [9.17, 15) is 4.79 Å². The topological polar surface area (TPSA) is 41.4 Å². The van der Waals surface area contributed by atoms with E-state index in [4.69, 9.17) is 0 Å². The van der Waals surface area contributed by atoms with Crippen LogP contribution in [0.25, 0.3) is 5.69 Å². The highest BCUT2D eigenvalue weighted by Crippen LogP contribution is 2.32. The van der Waals surface area contributed by atoms with E-state index < -0.39 is 0 Å². The number of para-hydroxylation sites is 1. The number of hydrogen-bond donors (Lipinski definition) is 0. The van der Waals surface area contributed by atoms with Crippen LogP contribution in [0, 0.1) is 11.8 Å². The van der Waals surface area contributed by atoms with Gasteiger partial charge in [0.2, 0.25) is 0 Å². The highest BCUT2D eigenvalue weighted by molar-refractivity contribution is 5.94. The van der Waals surface area contributed by atoms with Crippen molar-refractivity contribution < 1.29 is 4.79 Å². The molecule has 1 aromatic heterocycles. The first kappa shape index (κ1) is 17.0. The van der Waals surface area contributed by atoms with Gasteiger partial charge in [-0.05, 0) is 54.7 Å². The molecule has 5 nitrogen and oxygen atoms in total. The van der Waals surface area contributed by atoms with E-state index in [1.807, 2.05) is 35.0 Å². The van der Waals surface area contributed by atoms with Gasteiger partial charge >= 0.3 is 0 Å². The summed E-state index contributed by atoms with van der Waals surface area (Å²) in [6.07, 6.45) is 6.65. The molecule has 2 aliphatic rings. The third-order valence-electron chi connectivity index (χ3n) is 5.91. The molecular weight excluding hydrogens is 348 g/mol. The SMILES string of the molecule is O=C(c1ccc(-n2ccnc2)cc1)N1CC2CC(C1)CN(c1ccccc1)C2. The minimum absolute atomic E-state index is 0.153. The molecular formula is C23H24N4O. The zero-order valence-electron chi connectivity index (χ0n) is 15.8. The van der Waals surface area contributed by atoms with Crippen LogP contribution in [0.5, 0.6) is 0 Å². The predicted molar refractivity (Wildman–Crippen MR) is 110 cm³/mol. The van der Waals surface area contributed by atoms with Crippen LogP contribution in [0.4, 0.5) is 5.69 Å². The fourth-order valence-corrected chi connectivity index (χ4v) is 4.67. The quantitative estimate of drug-likeness (QED) is 0.707. The number of amides is 1. The first-order valence-corrected chi connectivity index (χ1v) is 9.94. The lowest BCUT2D eigenvalue weighted by molar-refractivity contribution is 0.0565. The molecule has 2 fully saturated rings. The Morgan fingerprint density at radius 2 is 1.57 bits per heavy atom. The fraction of sp³-hybridized carbons (Fsp3) is 0.304. The lowest BCUT2D eigenvalue weighted by atomic mass is 9.84. The number of anilines is 1. The molecule has 2 bridgehead atoms. The zero-order chi connectivity index (χ0) is 18.9. The third-order valence-corrected chi connectivity index (χ3v) is 5.91. The molecule has 142 valence electrons.